The summed E-state index contributed by atoms with van der Waals surface area (Å²) in [6, 6.07) is 10.1. The Labute approximate surface area is 143 Å². The Morgan fingerprint density at radius 2 is 1.96 bits per heavy atom. The topological polar surface area (TPSA) is 62.4 Å². The number of likely N-dealkylation sites (tertiary alicyclic amines) is 1. The van der Waals surface area contributed by atoms with Crippen molar-refractivity contribution in [3.05, 3.63) is 47.6 Å². The Balaban J connectivity index is 1.56. The average molecular weight is 329 g/mol. The van der Waals surface area contributed by atoms with Gasteiger partial charge in [-0.15, -0.1) is 0 Å². The first kappa shape index (κ1) is 17.1. The lowest BCUT2D eigenvalue weighted by atomic mass is 9.87. The number of benzene rings is 1. The number of piperidine rings is 1. The van der Waals surface area contributed by atoms with Gasteiger partial charge in [0.2, 0.25) is 5.89 Å². The van der Waals surface area contributed by atoms with Crippen molar-refractivity contribution in [2.24, 2.45) is 5.92 Å². The highest BCUT2D eigenvalue weighted by atomic mass is 16.5. The Bertz CT molecular complexity index is 621. The summed E-state index contributed by atoms with van der Waals surface area (Å²) in [6.07, 6.45) is 3.48. The van der Waals surface area contributed by atoms with Crippen molar-refractivity contribution >= 4 is 0 Å². The third-order valence-corrected chi connectivity index (χ3v) is 5.02. The molecule has 0 unspecified atom stereocenters. The van der Waals surface area contributed by atoms with Crippen molar-refractivity contribution in [2.75, 3.05) is 13.1 Å². The van der Waals surface area contributed by atoms with E-state index in [9.17, 15) is 5.11 Å². The van der Waals surface area contributed by atoms with E-state index < -0.39 is 0 Å². The van der Waals surface area contributed by atoms with E-state index >= 15 is 0 Å². The van der Waals surface area contributed by atoms with Crippen molar-refractivity contribution in [2.45, 2.75) is 51.7 Å². The molecule has 2 heterocycles. The highest BCUT2D eigenvalue weighted by molar-refractivity contribution is 5.18. The van der Waals surface area contributed by atoms with E-state index in [1.165, 1.54) is 0 Å². The summed E-state index contributed by atoms with van der Waals surface area (Å²) in [4.78, 5) is 6.88. The molecule has 0 radical (unpaired) electrons. The normalized spacial score (nSPS) is 19.3. The Hall–Kier alpha value is -1.72. The van der Waals surface area contributed by atoms with Crippen LogP contribution in [0.5, 0.6) is 0 Å². The minimum absolute atomic E-state index is 0.137. The summed E-state index contributed by atoms with van der Waals surface area (Å²) in [7, 11) is 0. The van der Waals surface area contributed by atoms with Gasteiger partial charge >= 0.3 is 0 Å². The van der Waals surface area contributed by atoms with E-state index in [0.717, 1.165) is 50.2 Å². The lowest BCUT2D eigenvalue weighted by molar-refractivity contribution is 0.0420. The molecule has 2 atom stereocenters. The first-order valence-electron chi connectivity index (χ1n) is 8.98. The molecule has 130 valence electrons. The quantitative estimate of drug-likeness (QED) is 0.878. The van der Waals surface area contributed by atoms with Crippen LogP contribution in [0.25, 0.3) is 0 Å². The molecular weight excluding hydrogens is 302 g/mol. The van der Waals surface area contributed by atoms with Gasteiger partial charge in [0, 0.05) is 6.42 Å². The van der Waals surface area contributed by atoms with E-state index in [4.69, 9.17) is 4.52 Å². The summed E-state index contributed by atoms with van der Waals surface area (Å²) in [5.74, 6) is 1.82. The molecule has 1 fully saturated rings. The second-order valence-electron chi connectivity index (χ2n) is 6.70. The molecule has 24 heavy (non-hydrogen) atoms. The van der Waals surface area contributed by atoms with Gasteiger partial charge in [-0.05, 0) is 50.8 Å². The molecule has 1 N–H and O–H groups in total. The van der Waals surface area contributed by atoms with Gasteiger partial charge in [0.15, 0.2) is 5.82 Å². The lowest BCUT2D eigenvalue weighted by Crippen LogP contribution is -2.37. The summed E-state index contributed by atoms with van der Waals surface area (Å²) < 4.78 is 5.42. The number of aryl methyl sites for hydroxylation is 1. The van der Waals surface area contributed by atoms with Crippen molar-refractivity contribution in [1.82, 2.24) is 15.0 Å². The molecule has 2 aromatic rings. The summed E-state index contributed by atoms with van der Waals surface area (Å²) >= 11 is 0. The van der Waals surface area contributed by atoms with Gasteiger partial charge < -0.3 is 9.63 Å². The molecule has 1 aliphatic rings. The summed E-state index contributed by atoms with van der Waals surface area (Å²) in [5, 5.41) is 14.6. The van der Waals surface area contributed by atoms with Crippen LogP contribution in [-0.4, -0.2) is 33.2 Å². The zero-order chi connectivity index (χ0) is 16.9. The third kappa shape index (κ3) is 3.84. The molecule has 3 rings (SSSR count). The highest BCUT2D eigenvalue weighted by Crippen LogP contribution is 2.33. The molecule has 1 aromatic heterocycles. The fourth-order valence-corrected chi connectivity index (χ4v) is 3.46. The zero-order valence-electron chi connectivity index (χ0n) is 14.6. The van der Waals surface area contributed by atoms with Crippen LogP contribution in [0, 0.1) is 5.92 Å². The first-order valence-corrected chi connectivity index (χ1v) is 8.98. The molecule has 1 aromatic carbocycles. The third-order valence-electron chi connectivity index (χ3n) is 5.02. The molecule has 5 nitrogen and oxygen atoms in total. The lowest BCUT2D eigenvalue weighted by Gasteiger charge is -2.36. The van der Waals surface area contributed by atoms with Gasteiger partial charge in [-0.25, -0.2) is 0 Å². The summed E-state index contributed by atoms with van der Waals surface area (Å²) in [6.45, 7) is 6.13. The molecule has 0 saturated carbocycles. The highest BCUT2D eigenvalue weighted by Gasteiger charge is 2.30. The minimum Gasteiger partial charge on any atom is -0.388 e. The molecule has 0 amide bonds. The van der Waals surface area contributed by atoms with Crippen LogP contribution in [0.2, 0.25) is 0 Å². The minimum atomic E-state index is -0.372. The van der Waals surface area contributed by atoms with E-state index in [1.54, 1.807) is 0 Å². The van der Waals surface area contributed by atoms with Crippen LogP contribution < -0.4 is 0 Å². The Morgan fingerprint density at radius 1 is 1.25 bits per heavy atom. The Morgan fingerprint density at radius 3 is 2.62 bits per heavy atom. The van der Waals surface area contributed by atoms with Gasteiger partial charge in [0.05, 0.1) is 12.1 Å². The second-order valence-corrected chi connectivity index (χ2v) is 6.70. The summed E-state index contributed by atoms with van der Waals surface area (Å²) in [5.41, 5.74) is 1.02. The monoisotopic (exact) mass is 329 g/mol. The number of hydrogen-bond donors (Lipinski definition) is 1. The fraction of sp³-hybridized carbons (Fsp3) is 0.579. The maximum Gasteiger partial charge on any atom is 0.243 e. The number of aliphatic hydroxyl groups is 1. The smallest absolute Gasteiger partial charge is 0.243 e. The van der Waals surface area contributed by atoms with Crippen molar-refractivity contribution in [3.63, 3.8) is 0 Å². The van der Waals surface area contributed by atoms with Crippen LogP contribution in [0.1, 0.15) is 62.5 Å². The SMILES string of the molecule is CCCc1noc([C@@H](C)N2CCC([C@H](O)c3ccccc3)CC2)n1. The molecule has 0 aliphatic carbocycles. The Kier molecular flexibility index (Phi) is 5.63. The van der Waals surface area contributed by atoms with Crippen molar-refractivity contribution in [3.8, 4) is 0 Å². The number of aliphatic hydroxyl groups excluding tert-OH is 1. The van der Waals surface area contributed by atoms with Gasteiger partial charge in [-0.3, -0.25) is 4.90 Å². The maximum atomic E-state index is 10.6. The molecule has 5 heteroatoms. The van der Waals surface area contributed by atoms with Crippen LogP contribution in [0.4, 0.5) is 0 Å². The maximum absolute atomic E-state index is 10.6. The molecule has 0 spiro atoms. The predicted molar refractivity (Wildman–Crippen MR) is 92.4 cm³/mol. The van der Waals surface area contributed by atoms with Crippen LogP contribution in [-0.2, 0) is 6.42 Å². The number of aromatic nitrogens is 2. The number of nitrogens with zero attached hydrogens (tertiary/aromatic N) is 3. The van der Waals surface area contributed by atoms with E-state index in [-0.39, 0.29) is 12.1 Å². The van der Waals surface area contributed by atoms with Crippen molar-refractivity contribution < 1.29 is 9.63 Å². The molecular formula is C19H27N3O2. The fourth-order valence-electron chi connectivity index (χ4n) is 3.46. The average Bonchev–Trinajstić information content (AvgIpc) is 3.10. The standard InChI is InChI=1S/C19H27N3O2/c1-3-7-17-20-19(24-21-17)14(2)22-12-10-16(11-13-22)18(23)15-8-5-4-6-9-15/h4-6,8-9,14,16,18,23H,3,7,10-13H2,1-2H3/t14-,18-/m1/s1. The first-order chi connectivity index (χ1) is 11.7. The van der Waals surface area contributed by atoms with Gasteiger partial charge in [-0.2, -0.15) is 4.98 Å². The molecule has 1 aliphatic heterocycles. The molecule has 0 bridgehead atoms. The van der Waals surface area contributed by atoms with E-state index in [0.29, 0.717) is 11.8 Å². The number of rotatable bonds is 6. The van der Waals surface area contributed by atoms with Crippen LogP contribution in [0.3, 0.4) is 0 Å². The van der Waals surface area contributed by atoms with Gasteiger partial charge in [0.1, 0.15) is 0 Å². The van der Waals surface area contributed by atoms with Crippen molar-refractivity contribution in [1.29, 1.82) is 0 Å². The second kappa shape index (κ2) is 7.90. The zero-order valence-corrected chi connectivity index (χ0v) is 14.6. The van der Waals surface area contributed by atoms with E-state index in [1.807, 2.05) is 30.3 Å². The number of hydrogen-bond acceptors (Lipinski definition) is 5. The molecule has 1 saturated heterocycles. The van der Waals surface area contributed by atoms with Gasteiger partial charge in [0.25, 0.3) is 0 Å². The predicted octanol–water partition coefficient (Wildman–Crippen LogP) is 3.53. The van der Waals surface area contributed by atoms with Crippen LogP contribution >= 0.6 is 0 Å². The van der Waals surface area contributed by atoms with E-state index in [2.05, 4.69) is 28.9 Å². The van der Waals surface area contributed by atoms with Crippen LogP contribution in [0.15, 0.2) is 34.9 Å². The largest absolute Gasteiger partial charge is 0.388 e. The van der Waals surface area contributed by atoms with Gasteiger partial charge in [-0.1, -0.05) is 42.4 Å².